The first-order valence-electron chi connectivity index (χ1n) is 9.90. The normalized spacial score (nSPS) is 10.9. The van der Waals surface area contributed by atoms with E-state index >= 15 is 0 Å². The van der Waals surface area contributed by atoms with E-state index in [4.69, 9.17) is 4.74 Å². The Hall–Kier alpha value is -4.53. The summed E-state index contributed by atoms with van der Waals surface area (Å²) in [6, 6.07) is 16.7. The fourth-order valence-corrected chi connectivity index (χ4v) is 3.41. The van der Waals surface area contributed by atoms with Gasteiger partial charge in [0.2, 0.25) is 5.78 Å². The van der Waals surface area contributed by atoms with Gasteiger partial charge in [0, 0.05) is 35.9 Å². The molecule has 0 atom stereocenters. The molecule has 5 rings (SSSR count). The van der Waals surface area contributed by atoms with Gasteiger partial charge in [0.15, 0.2) is 5.69 Å². The maximum absolute atomic E-state index is 12.8. The Morgan fingerprint density at radius 2 is 1.94 bits per heavy atom. The van der Waals surface area contributed by atoms with Crippen molar-refractivity contribution in [1.82, 2.24) is 29.4 Å². The number of carbonyl (C=O) groups is 1. The standard InChI is InChI=1S/C23H19N7O2/c1-15-21(27-28-30(15)18-5-3-6-19(13-18)32-2)22(31)25-17-9-7-16(8-10-17)20-14-29-12-4-11-24-23(29)26-20/h3-14H,1-2H3,(H,25,31). The Bertz CT molecular complexity index is 1390. The number of nitrogens with one attached hydrogen (secondary N) is 1. The zero-order valence-corrected chi connectivity index (χ0v) is 17.4. The number of nitrogens with zero attached hydrogens (tertiary/aromatic N) is 6. The molecule has 0 saturated carbocycles. The second-order valence-electron chi connectivity index (χ2n) is 7.12. The van der Waals surface area contributed by atoms with Crippen LogP contribution in [0.4, 0.5) is 5.69 Å². The molecule has 2 aromatic carbocycles. The number of methoxy groups -OCH3 is 1. The zero-order valence-electron chi connectivity index (χ0n) is 17.4. The number of imidazole rings is 1. The number of benzene rings is 2. The first-order valence-corrected chi connectivity index (χ1v) is 9.90. The number of anilines is 1. The molecule has 0 radical (unpaired) electrons. The van der Waals surface area contributed by atoms with Gasteiger partial charge in [0.25, 0.3) is 5.91 Å². The number of rotatable bonds is 5. The van der Waals surface area contributed by atoms with Crippen LogP contribution in [0.1, 0.15) is 16.2 Å². The molecule has 32 heavy (non-hydrogen) atoms. The highest BCUT2D eigenvalue weighted by Gasteiger charge is 2.18. The molecule has 0 saturated heterocycles. The summed E-state index contributed by atoms with van der Waals surface area (Å²) < 4.78 is 8.73. The Labute approximate surface area is 183 Å². The van der Waals surface area contributed by atoms with Gasteiger partial charge in [-0.05, 0) is 37.3 Å². The largest absolute Gasteiger partial charge is 0.497 e. The third-order valence-electron chi connectivity index (χ3n) is 5.08. The average molecular weight is 425 g/mol. The molecule has 158 valence electrons. The van der Waals surface area contributed by atoms with Crippen LogP contribution >= 0.6 is 0 Å². The van der Waals surface area contributed by atoms with Crippen LogP contribution in [-0.4, -0.2) is 42.4 Å². The van der Waals surface area contributed by atoms with Crippen LogP contribution in [0.2, 0.25) is 0 Å². The lowest BCUT2D eigenvalue weighted by Crippen LogP contribution is -2.14. The average Bonchev–Trinajstić information content (AvgIpc) is 3.43. The van der Waals surface area contributed by atoms with E-state index in [2.05, 4.69) is 25.6 Å². The van der Waals surface area contributed by atoms with Crippen LogP contribution in [0.3, 0.4) is 0 Å². The van der Waals surface area contributed by atoms with Crippen molar-refractivity contribution in [2.45, 2.75) is 6.92 Å². The summed E-state index contributed by atoms with van der Waals surface area (Å²) >= 11 is 0. The maximum Gasteiger partial charge on any atom is 0.278 e. The quantitative estimate of drug-likeness (QED) is 0.462. The molecule has 0 unspecified atom stereocenters. The first kappa shape index (κ1) is 19.4. The minimum Gasteiger partial charge on any atom is -0.497 e. The van der Waals surface area contributed by atoms with Crippen molar-refractivity contribution in [2.24, 2.45) is 0 Å². The minimum atomic E-state index is -0.332. The lowest BCUT2D eigenvalue weighted by molar-refractivity contribution is 0.102. The molecular weight excluding hydrogens is 406 g/mol. The molecule has 0 bridgehead atoms. The topological polar surface area (TPSA) is 99.2 Å². The van der Waals surface area contributed by atoms with Gasteiger partial charge in [-0.1, -0.05) is 23.4 Å². The van der Waals surface area contributed by atoms with Crippen molar-refractivity contribution in [3.63, 3.8) is 0 Å². The number of hydrogen-bond acceptors (Lipinski definition) is 6. The van der Waals surface area contributed by atoms with Gasteiger partial charge >= 0.3 is 0 Å². The number of ether oxygens (including phenoxy) is 1. The third kappa shape index (κ3) is 3.56. The Balaban J connectivity index is 1.34. The van der Waals surface area contributed by atoms with E-state index in [1.165, 1.54) is 0 Å². The second kappa shape index (κ2) is 7.95. The first-order chi connectivity index (χ1) is 15.6. The SMILES string of the molecule is COc1cccc(-n2nnc(C(=O)Nc3ccc(-c4cn5cccnc5n4)cc3)c2C)c1. The number of fused-ring (bicyclic) bond motifs is 1. The number of hydrogen-bond donors (Lipinski definition) is 1. The molecule has 0 aliphatic rings. The molecule has 0 aliphatic heterocycles. The monoisotopic (exact) mass is 425 g/mol. The van der Waals surface area contributed by atoms with E-state index < -0.39 is 0 Å². The predicted molar refractivity (Wildman–Crippen MR) is 119 cm³/mol. The van der Waals surface area contributed by atoms with E-state index in [1.54, 1.807) is 24.9 Å². The molecule has 9 heteroatoms. The number of amides is 1. The number of aromatic nitrogens is 6. The fraction of sp³-hybridized carbons (Fsp3) is 0.0870. The summed E-state index contributed by atoms with van der Waals surface area (Å²) in [5, 5.41) is 11.1. The summed E-state index contributed by atoms with van der Waals surface area (Å²) in [6.07, 6.45) is 5.52. The van der Waals surface area contributed by atoms with Gasteiger partial charge in [0.1, 0.15) is 5.75 Å². The van der Waals surface area contributed by atoms with Crippen molar-refractivity contribution in [1.29, 1.82) is 0 Å². The summed E-state index contributed by atoms with van der Waals surface area (Å²) in [5.41, 5.74) is 4.02. The molecule has 3 aromatic heterocycles. The summed E-state index contributed by atoms with van der Waals surface area (Å²) in [7, 11) is 1.60. The summed E-state index contributed by atoms with van der Waals surface area (Å²) in [6.45, 7) is 1.80. The van der Waals surface area contributed by atoms with Crippen molar-refractivity contribution < 1.29 is 9.53 Å². The van der Waals surface area contributed by atoms with Crippen LogP contribution < -0.4 is 10.1 Å². The molecule has 9 nitrogen and oxygen atoms in total. The molecule has 3 heterocycles. The Morgan fingerprint density at radius 3 is 2.72 bits per heavy atom. The highest BCUT2D eigenvalue weighted by Crippen LogP contribution is 2.22. The second-order valence-corrected chi connectivity index (χ2v) is 7.12. The lowest BCUT2D eigenvalue weighted by atomic mass is 10.1. The van der Waals surface area contributed by atoms with Crippen molar-refractivity contribution >= 4 is 17.4 Å². The van der Waals surface area contributed by atoms with Crippen LogP contribution in [-0.2, 0) is 0 Å². The van der Waals surface area contributed by atoms with E-state index in [0.717, 1.165) is 16.9 Å². The van der Waals surface area contributed by atoms with Crippen molar-refractivity contribution in [2.75, 3.05) is 12.4 Å². The minimum absolute atomic E-state index is 0.253. The van der Waals surface area contributed by atoms with Crippen molar-refractivity contribution in [3.05, 3.63) is 84.6 Å². The molecule has 0 aliphatic carbocycles. The highest BCUT2D eigenvalue weighted by atomic mass is 16.5. The smallest absolute Gasteiger partial charge is 0.278 e. The van der Waals surface area contributed by atoms with E-state index in [-0.39, 0.29) is 11.6 Å². The molecule has 0 spiro atoms. The number of carbonyl (C=O) groups excluding carboxylic acids is 1. The Morgan fingerprint density at radius 1 is 1.09 bits per heavy atom. The van der Waals surface area contributed by atoms with Crippen LogP contribution in [0.25, 0.3) is 22.7 Å². The zero-order chi connectivity index (χ0) is 22.1. The molecular formula is C23H19N7O2. The van der Waals surface area contributed by atoms with Crippen LogP contribution in [0, 0.1) is 6.92 Å². The molecule has 5 aromatic rings. The lowest BCUT2D eigenvalue weighted by Gasteiger charge is -2.07. The predicted octanol–water partition coefficient (Wildman–Crippen LogP) is 3.55. The van der Waals surface area contributed by atoms with E-state index in [9.17, 15) is 4.79 Å². The summed E-state index contributed by atoms with van der Waals surface area (Å²) in [4.78, 5) is 21.5. The highest BCUT2D eigenvalue weighted by molar-refractivity contribution is 6.03. The maximum atomic E-state index is 12.8. The fourth-order valence-electron chi connectivity index (χ4n) is 3.41. The van der Waals surface area contributed by atoms with Gasteiger partial charge in [-0.25, -0.2) is 14.6 Å². The Kier molecular flexibility index (Phi) is 4.83. The van der Waals surface area contributed by atoms with Gasteiger partial charge in [-0.3, -0.25) is 9.20 Å². The van der Waals surface area contributed by atoms with Crippen LogP contribution in [0.15, 0.2) is 73.2 Å². The van der Waals surface area contributed by atoms with Crippen LogP contribution in [0.5, 0.6) is 5.75 Å². The van der Waals surface area contributed by atoms with Gasteiger partial charge < -0.3 is 10.1 Å². The van der Waals surface area contributed by atoms with Gasteiger partial charge in [-0.2, -0.15) is 0 Å². The van der Waals surface area contributed by atoms with Gasteiger partial charge in [0.05, 0.1) is 24.2 Å². The molecule has 0 fully saturated rings. The molecule has 1 N–H and O–H groups in total. The van der Waals surface area contributed by atoms with E-state index in [0.29, 0.717) is 22.9 Å². The third-order valence-corrected chi connectivity index (χ3v) is 5.08. The molecule has 1 amide bonds. The van der Waals surface area contributed by atoms with E-state index in [1.807, 2.05) is 71.4 Å². The van der Waals surface area contributed by atoms with Crippen molar-refractivity contribution in [3.8, 4) is 22.7 Å². The summed E-state index contributed by atoms with van der Waals surface area (Å²) in [5.74, 6) is 1.00. The van der Waals surface area contributed by atoms with Gasteiger partial charge in [-0.15, -0.1) is 5.10 Å².